The Hall–Kier alpha value is -2.97. The van der Waals surface area contributed by atoms with Crippen molar-refractivity contribution in [2.45, 2.75) is 17.4 Å². The lowest BCUT2D eigenvalue weighted by molar-refractivity contribution is 0.538. The highest BCUT2D eigenvalue weighted by Crippen LogP contribution is 2.35. The second-order valence-corrected chi connectivity index (χ2v) is 9.74. The first kappa shape index (κ1) is 22.2. The van der Waals surface area contributed by atoms with E-state index in [4.69, 9.17) is 0 Å². The molecule has 0 aromatic heterocycles. The zero-order valence-electron chi connectivity index (χ0n) is 17.9. The summed E-state index contributed by atoms with van der Waals surface area (Å²) in [4.78, 5) is 3.45. The molecular weight excluding hydrogens is 432 g/mol. The van der Waals surface area contributed by atoms with E-state index in [1.54, 1.807) is 0 Å². The molecule has 1 atom stereocenters. The van der Waals surface area contributed by atoms with Gasteiger partial charge in [-0.15, -0.1) is 0 Å². The fourth-order valence-corrected chi connectivity index (χ4v) is 5.16. The monoisotopic (exact) mass is 457 g/mol. The molecular formula is C24H25F2N3O2S. The van der Waals surface area contributed by atoms with Crippen molar-refractivity contribution >= 4 is 21.4 Å². The minimum Gasteiger partial charge on any atom is -0.378 e. The molecule has 0 fully saturated rings. The number of nitrogens with one attached hydrogen (secondary N) is 1. The molecule has 1 heterocycles. The van der Waals surface area contributed by atoms with Gasteiger partial charge < -0.3 is 9.80 Å². The van der Waals surface area contributed by atoms with Crippen LogP contribution in [0.2, 0.25) is 0 Å². The van der Waals surface area contributed by atoms with Crippen LogP contribution in [0.5, 0.6) is 0 Å². The maximum atomic E-state index is 14.1. The van der Waals surface area contributed by atoms with Crippen LogP contribution in [0, 0.1) is 11.6 Å². The molecule has 0 radical (unpaired) electrons. The molecule has 0 bridgehead atoms. The van der Waals surface area contributed by atoms with Crippen LogP contribution < -0.4 is 14.5 Å². The van der Waals surface area contributed by atoms with Gasteiger partial charge in [-0.2, -0.15) is 0 Å². The zero-order chi connectivity index (χ0) is 22.9. The van der Waals surface area contributed by atoms with Gasteiger partial charge in [0.2, 0.25) is 10.0 Å². The van der Waals surface area contributed by atoms with E-state index in [1.165, 1.54) is 5.56 Å². The van der Waals surface area contributed by atoms with Gasteiger partial charge in [0, 0.05) is 38.6 Å². The first-order valence-electron chi connectivity index (χ1n) is 10.3. The molecule has 168 valence electrons. The minimum atomic E-state index is -4.24. The van der Waals surface area contributed by atoms with Crippen molar-refractivity contribution in [2.24, 2.45) is 0 Å². The third-order valence-electron chi connectivity index (χ3n) is 5.74. The number of para-hydroxylation sites is 1. The van der Waals surface area contributed by atoms with Gasteiger partial charge in [-0.25, -0.2) is 21.9 Å². The second-order valence-electron chi connectivity index (χ2n) is 8.00. The highest BCUT2D eigenvalue weighted by atomic mass is 32.2. The Labute approximate surface area is 187 Å². The van der Waals surface area contributed by atoms with Crippen molar-refractivity contribution in [2.75, 3.05) is 37.0 Å². The molecule has 0 amide bonds. The number of hydrogen-bond acceptors (Lipinski definition) is 4. The zero-order valence-corrected chi connectivity index (χ0v) is 18.7. The van der Waals surface area contributed by atoms with Crippen molar-refractivity contribution in [3.63, 3.8) is 0 Å². The Kier molecular flexibility index (Phi) is 6.17. The molecule has 1 aliphatic rings. The van der Waals surface area contributed by atoms with E-state index < -0.39 is 26.6 Å². The Morgan fingerprint density at radius 1 is 1.03 bits per heavy atom. The van der Waals surface area contributed by atoms with E-state index in [1.807, 2.05) is 61.5 Å². The quantitative estimate of drug-likeness (QED) is 0.580. The Bertz CT molecular complexity index is 1210. The SMILES string of the molecule is CN(C)c1ccc([C@H](CNS(=O)(=O)c2cc(F)ccc2F)N2CCc3ccccc32)cc1. The van der Waals surface area contributed by atoms with Crippen LogP contribution in [0.25, 0.3) is 0 Å². The van der Waals surface area contributed by atoms with Gasteiger partial charge in [0.1, 0.15) is 16.5 Å². The van der Waals surface area contributed by atoms with Crippen molar-refractivity contribution in [3.8, 4) is 0 Å². The normalized spacial score (nSPS) is 14.3. The van der Waals surface area contributed by atoms with Crippen molar-refractivity contribution in [1.82, 2.24) is 4.72 Å². The van der Waals surface area contributed by atoms with E-state index in [-0.39, 0.29) is 12.6 Å². The minimum absolute atomic E-state index is 0.00787. The first-order chi connectivity index (χ1) is 15.3. The second kappa shape index (κ2) is 8.88. The predicted molar refractivity (Wildman–Crippen MR) is 123 cm³/mol. The van der Waals surface area contributed by atoms with Crippen molar-refractivity contribution < 1.29 is 17.2 Å². The standard InChI is InChI=1S/C24H25F2N3O2S/c1-28(2)20-10-7-18(8-11-20)23(29-14-13-17-5-3-4-6-22(17)29)16-27-32(30,31)24-15-19(25)9-12-21(24)26/h3-12,15,23,27H,13-14,16H2,1-2H3/t23-/m0/s1. The average molecular weight is 458 g/mol. The fourth-order valence-electron chi connectivity index (χ4n) is 4.04. The van der Waals surface area contributed by atoms with E-state index in [2.05, 4.69) is 15.7 Å². The number of fused-ring (bicyclic) bond motifs is 1. The van der Waals surface area contributed by atoms with Gasteiger partial charge >= 0.3 is 0 Å². The molecule has 32 heavy (non-hydrogen) atoms. The molecule has 0 spiro atoms. The number of benzene rings is 3. The molecule has 0 aliphatic carbocycles. The topological polar surface area (TPSA) is 52.7 Å². The molecule has 4 rings (SSSR count). The van der Waals surface area contributed by atoms with Crippen LogP contribution in [-0.4, -0.2) is 35.6 Å². The summed E-state index contributed by atoms with van der Waals surface area (Å²) in [6, 6.07) is 18.0. The lowest BCUT2D eigenvalue weighted by atomic mass is 10.0. The smallest absolute Gasteiger partial charge is 0.243 e. The third kappa shape index (κ3) is 4.47. The number of hydrogen-bond donors (Lipinski definition) is 1. The summed E-state index contributed by atoms with van der Waals surface area (Å²) in [5, 5.41) is 0. The van der Waals surface area contributed by atoms with E-state index >= 15 is 0 Å². The van der Waals surface area contributed by atoms with Gasteiger partial charge in [-0.1, -0.05) is 30.3 Å². The predicted octanol–water partition coefficient (Wildman–Crippen LogP) is 4.11. The van der Waals surface area contributed by atoms with E-state index in [9.17, 15) is 17.2 Å². The number of sulfonamides is 1. The largest absolute Gasteiger partial charge is 0.378 e. The van der Waals surface area contributed by atoms with Crippen LogP contribution >= 0.6 is 0 Å². The average Bonchev–Trinajstić information content (AvgIpc) is 3.20. The van der Waals surface area contributed by atoms with Crippen molar-refractivity contribution in [1.29, 1.82) is 0 Å². The molecule has 0 unspecified atom stereocenters. The molecule has 1 N–H and O–H groups in total. The number of anilines is 2. The molecule has 3 aromatic carbocycles. The van der Waals surface area contributed by atoms with E-state index in [0.717, 1.165) is 42.0 Å². The van der Waals surface area contributed by atoms with Gasteiger partial charge in [0.05, 0.1) is 6.04 Å². The maximum Gasteiger partial charge on any atom is 0.243 e. The lowest BCUT2D eigenvalue weighted by Crippen LogP contribution is -2.37. The van der Waals surface area contributed by atoms with Crippen LogP contribution in [0.1, 0.15) is 17.2 Å². The van der Waals surface area contributed by atoms with Crippen LogP contribution in [0.3, 0.4) is 0 Å². The van der Waals surface area contributed by atoms with Gasteiger partial charge in [-0.05, 0) is 53.9 Å². The first-order valence-corrected chi connectivity index (χ1v) is 11.8. The van der Waals surface area contributed by atoms with Gasteiger partial charge in [-0.3, -0.25) is 0 Å². The number of halogens is 2. The van der Waals surface area contributed by atoms with Gasteiger partial charge in [0.25, 0.3) is 0 Å². The summed E-state index contributed by atoms with van der Waals surface area (Å²) >= 11 is 0. The number of rotatable bonds is 7. The molecule has 0 saturated carbocycles. The molecule has 3 aromatic rings. The molecule has 1 aliphatic heterocycles. The van der Waals surface area contributed by atoms with E-state index in [0.29, 0.717) is 6.07 Å². The van der Waals surface area contributed by atoms with Crippen LogP contribution in [0.4, 0.5) is 20.2 Å². The summed E-state index contributed by atoms with van der Waals surface area (Å²) in [6.07, 6.45) is 0.855. The summed E-state index contributed by atoms with van der Waals surface area (Å²) in [6.45, 7) is 0.740. The molecule has 0 saturated heterocycles. The summed E-state index contributed by atoms with van der Waals surface area (Å²) in [7, 11) is -0.346. The Balaban J connectivity index is 1.66. The van der Waals surface area contributed by atoms with Crippen molar-refractivity contribution in [3.05, 3.63) is 89.5 Å². The fraction of sp³-hybridized carbons (Fsp3) is 0.250. The third-order valence-corrected chi connectivity index (χ3v) is 7.18. The van der Waals surface area contributed by atoms with Crippen LogP contribution in [-0.2, 0) is 16.4 Å². The molecule has 8 heteroatoms. The summed E-state index contributed by atoms with van der Waals surface area (Å²) < 4.78 is 55.8. The summed E-state index contributed by atoms with van der Waals surface area (Å²) in [5.74, 6) is -1.80. The Morgan fingerprint density at radius 3 is 2.47 bits per heavy atom. The highest BCUT2D eigenvalue weighted by Gasteiger charge is 2.29. The summed E-state index contributed by atoms with van der Waals surface area (Å²) in [5.41, 5.74) is 4.19. The van der Waals surface area contributed by atoms with Crippen LogP contribution in [0.15, 0.2) is 71.6 Å². The molecule has 5 nitrogen and oxygen atoms in total. The number of nitrogens with zero attached hydrogens (tertiary/aromatic N) is 2. The Morgan fingerprint density at radius 2 is 1.75 bits per heavy atom. The van der Waals surface area contributed by atoms with Gasteiger partial charge in [0.15, 0.2) is 0 Å². The lowest BCUT2D eigenvalue weighted by Gasteiger charge is -2.31. The highest BCUT2D eigenvalue weighted by molar-refractivity contribution is 7.89. The maximum absolute atomic E-state index is 14.1.